The highest BCUT2D eigenvalue weighted by Gasteiger charge is 2.29. The van der Waals surface area contributed by atoms with Crippen LogP contribution in [0.4, 0.5) is 0 Å². The second-order valence-corrected chi connectivity index (χ2v) is 9.56. The van der Waals surface area contributed by atoms with Crippen LogP contribution < -0.4 is 5.69 Å². The highest BCUT2D eigenvalue weighted by molar-refractivity contribution is 5.96. The zero-order valence-corrected chi connectivity index (χ0v) is 20.2. The van der Waals surface area contributed by atoms with Crippen LogP contribution in [-0.4, -0.2) is 31.3 Å². The van der Waals surface area contributed by atoms with Gasteiger partial charge >= 0.3 is 11.7 Å². The number of nitrogens with zero attached hydrogens (tertiary/aromatic N) is 3. The number of aromatic carboxylic acids is 1. The fourth-order valence-electron chi connectivity index (χ4n) is 5.14. The molecule has 0 bridgehead atoms. The molecule has 1 aliphatic carbocycles. The second kappa shape index (κ2) is 11.3. The maximum absolute atomic E-state index is 13.1. The Labute approximate surface area is 205 Å². The van der Waals surface area contributed by atoms with E-state index in [-0.39, 0.29) is 23.9 Å². The molecule has 0 radical (unpaired) electrons. The van der Waals surface area contributed by atoms with Crippen LogP contribution in [0.5, 0.6) is 0 Å². The summed E-state index contributed by atoms with van der Waals surface area (Å²) in [6.45, 7) is 2.49. The molecular formula is C28H33N3O4. The van der Waals surface area contributed by atoms with E-state index < -0.39 is 11.7 Å². The number of benzene rings is 2. The Bertz CT molecular complexity index is 1230. The predicted molar refractivity (Wildman–Crippen MR) is 135 cm³/mol. The van der Waals surface area contributed by atoms with E-state index in [2.05, 4.69) is 12.0 Å². The molecule has 3 aromatic rings. The summed E-state index contributed by atoms with van der Waals surface area (Å²) >= 11 is 0. The Morgan fingerprint density at radius 3 is 2.57 bits per heavy atom. The third-order valence-corrected chi connectivity index (χ3v) is 7.07. The summed E-state index contributed by atoms with van der Waals surface area (Å²) in [6, 6.07) is 14.3. The monoisotopic (exact) mass is 475 g/mol. The van der Waals surface area contributed by atoms with Crippen molar-refractivity contribution in [3.8, 4) is 11.1 Å². The van der Waals surface area contributed by atoms with Crippen LogP contribution in [0, 0.1) is 11.8 Å². The summed E-state index contributed by atoms with van der Waals surface area (Å²) in [6.07, 6.45) is 10.1. The van der Waals surface area contributed by atoms with E-state index in [1.807, 2.05) is 24.3 Å². The van der Waals surface area contributed by atoms with Crippen LogP contribution in [-0.2, 0) is 6.54 Å². The molecule has 1 aliphatic rings. The van der Waals surface area contributed by atoms with Gasteiger partial charge in [0.1, 0.15) is 6.33 Å². The lowest BCUT2D eigenvalue weighted by atomic mass is 9.78. The van der Waals surface area contributed by atoms with Gasteiger partial charge in [-0.25, -0.2) is 9.59 Å². The van der Waals surface area contributed by atoms with E-state index in [0.717, 1.165) is 41.5 Å². The normalized spacial score (nSPS) is 17.9. The van der Waals surface area contributed by atoms with Crippen molar-refractivity contribution in [1.82, 2.24) is 14.3 Å². The van der Waals surface area contributed by atoms with E-state index in [1.54, 1.807) is 24.3 Å². The maximum atomic E-state index is 13.1. The summed E-state index contributed by atoms with van der Waals surface area (Å²) in [5.41, 5.74) is 2.12. The Kier molecular flexibility index (Phi) is 7.95. The lowest BCUT2D eigenvalue weighted by molar-refractivity contribution is 0.0696. The molecule has 35 heavy (non-hydrogen) atoms. The number of carboxylic acid groups (broad SMARTS) is 1. The Balaban J connectivity index is 1.44. The van der Waals surface area contributed by atoms with Crippen molar-refractivity contribution >= 4 is 11.9 Å². The highest BCUT2D eigenvalue weighted by atomic mass is 16.4. The van der Waals surface area contributed by atoms with Crippen LogP contribution in [0.1, 0.15) is 79.0 Å². The van der Waals surface area contributed by atoms with Crippen LogP contribution in [0.3, 0.4) is 0 Å². The van der Waals surface area contributed by atoms with E-state index in [9.17, 15) is 19.5 Å². The fourth-order valence-corrected chi connectivity index (χ4v) is 5.14. The zero-order chi connectivity index (χ0) is 24.8. The molecule has 0 saturated heterocycles. The molecule has 1 saturated carbocycles. The maximum Gasteiger partial charge on any atom is 0.353 e. The Morgan fingerprint density at radius 2 is 1.83 bits per heavy atom. The van der Waals surface area contributed by atoms with Crippen LogP contribution in [0.2, 0.25) is 0 Å². The van der Waals surface area contributed by atoms with E-state index >= 15 is 0 Å². The number of rotatable bonds is 9. The molecule has 0 spiro atoms. The third kappa shape index (κ3) is 5.78. The van der Waals surface area contributed by atoms with Crippen molar-refractivity contribution < 1.29 is 14.7 Å². The topological polar surface area (TPSA) is 94.2 Å². The fraction of sp³-hybridized carbons (Fsp3) is 0.429. The molecule has 4 rings (SSSR count). The number of unbranched alkanes of at least 4 members (excludes halogenated alkanes) is 2. The molecule has 7 heteroatoms. The summed E-state index contributed by atoms with van der Waals surface area (Å²) in [7, 11) is 0. The molecule has 1 aromatic heterocycles. The number of carboxylic acids is 1. The largest absolute Gasteiger partial charge is 0.478 e. The minimum atomic E-state index is -0.974. The van der Waals surface area contributed by atoms with Gasteiger partial charge in [-0.05, 0) is 41.5 Å². The molecular weight excluding hydrogens is 442 g/mol. The second-order valence-electron chi connectivity index (χ2n) is 9.56. The molecule has 1 fully saturated rings. The third-order valence-electron chi connectivity index (χ3n) is 7.07. The molecule has 0 aliphatic heterocycles. The number of aromatic nitrogens is 3. The molecule has 2 unspecified atom stereocenters. The lowest BCUT2D eigenvalue weighted by Crippen LogP contribution is -2.36. The smallest absolute Gasteiger partial charge is 0.353 e. The van der Waals surface area contributed by atoms with E-state index in [4.69, 9.17) is 0 Å². The van der Waals surface area contributed by atoms with Gasteiger partial charge in [-0.15, -0.1) is 4.68 Å². The van der Waals surface area contributed by atoms with Gasteiger partial charge in [0, 0.05) is 5.92 Å². The number of hydrogen-bond acceptors (Lipinski definition) is 4. The van der Waals surface area contributed by atoms with Gasteiger partial charge in [0.15, 0.2) is 0 Å². The average molecular weight is 476 g/mol. The number of carbonyl (C=O) groups is 2. The van der Waals surface area contributed by atoms with Gasteiger partial charge < -0.3 is 5.11 Å². The van der Waals surface area contributed by atoms with Crippen molar-refractivity contribution in [3.05, 3.63) is 76.5 Å². The van der Waals surface area contributed by atoms with E-state index in [0.29, 0.717) is 11.5 Å². The highest BCUT2D eigenvalue weighted by Crippen LogP contribution is 2.33. The molecule has 7 nitrogen and oxygen atoms in total. The summed E-state index contributed by atoms with van der Waals surface area (Å²) in [4.78, 5) is 37.5. The van der Waals surface area contributed by atoms with Crippen molar-refractivity contribution in [3.63, 3.8) is 0 Å². The van der Waals surface area contributed by atoms with Gasteiger partial charge in [-0.2, -0.15) is 5.10 Å². The van der Waals surface area contributed by atoms with Crippen molar-refractivity contribution in [2.45, 2.75) is 64.8 Å². The first-order valence-electron chi connectivity index (χ1n) is 12.6. The standard InChI is InChI=1S/C28H33N3O4/c1-2-3-4-8-20-9-7-10-23(17-20)26(32)31-28(35)30(19-29-31)18-21-13-15-22(16-14-21)24-11-5-6-12-25(24)27(33)34/h5-6,11-16,19-20,23H,2-4,7-10,17-18H2,1H3,(H,33,34). The van der Waals surface area contributed by atoms with Crippen LogP contribution in [0.25, 0.3) is 11.1 Å². The van der Waals surface area contributed by atoms with Gasteiger partial charge in [-0.1, -0.05) is 87.9 Å². The molecule has 1 N–H and O–H groups in total. The van der Waals surface area contributed by atoms with Gasteiger partial charge in [0.25, 0.3) is 5.91 Å². The zero-order valence-electron chi connectivity index (χ0n) is 20.2. The van der Waals surface area contributed by atoms with E-state index in [1.165, 1.54) is 36.6 Å². The summed E-state index contributed by atoms with van der Waals surface area (Å²) in [5.74, 6) is -0.732. The Hall–Kier alpha value is -3.48. The number of hydrogen-bond donors (Lipinski definition) is 1. The molecule has 1 heterocycles. The van der Waals surface area contributed by atoms with Crippen molar-refractivity contribution in [2.24, 2.45) is 11.8 Å². The average Bonchev–Trinajstić information content (AvgIpc) is 3.24. The molecule has 184 valence electrons. The molecule has 0 amide bonds. The number of carbonyl (C=O) groups excluding carboxylic acids is 1. The lowest BCUT2D eigenvalue weighted by Gasteiger charge is -2.27. The van der Waals surface area contributed by atoms with Crippen LogP contribution >= 0.6 is 0 Å². The minimum Gasteiger partial charge on any atom is -0.478 e. The predicted octanol–water partition coefficient (Wildman–Crippen LogP) is 5.49. The molecule has 2 aromatic carbocycles. The van der Waals surface area contributed by atoms with Crippen molar-refractivity contribution in [2.75, 3.05) is 0 Å². The van der Waals surface area contributed by atoms with Gasteiger partial charge in [0.2, 0.25) is 0 Å². The molecule has 2 atom stereocenters. The van der Waals surface area contributed by atoms with Gasteiger partial charge in [-0.3, -0.25) is 9.36 Å². The first kappa shape index (κ1) is 24.6. The van der Waals surface area contributed by atoms with Crippen molar-refractivity contribution in [1.29, 1.82) is 0 Å². The summed E-state index contributed by atoms with van der Waals surface area (Å²) < 4.78 is 2.48. The summed E-state index contributed by atoms with van der Waals surface area (Å²) in [5, 5.41) is 13.6. The first-order chi connectivity index (χ1) is 17.0. The minimum absolute atomic E-state index is 0.134. The first-order valence-corrected chi connectivity index (χ1v) is 12.6. The van der Waals surface area contributed by atoms with Gasteiger partial charge in [0.05, 0.1) is 12.1 Å². The quantitative estimate of drug-likeness (QED) is 0.413. The van der Waals surface area contributed by atoms with Crippen LogP contribution in [0.15, 0.2) is 59.7 Å². The SMILES string of the molecule is CCCCCC1CCCC(C(=O)n2ncn(Cc3ccc(-c4ccccc4C(=O)O)cc3)c2=O)C1. The Morgan fingerprint density at radius 1 is 1.06 bits per heavy atom.